The Labute approximate surface area is 172 Å². The molecule has 0 N–H and O–H groups in total. The van der Waals surface area contributed by atoms with E-state index in [2.05, 4.69) is 60.8 Å². The Balaban J connectivity index is 1.37. The van der Waals surface area contributed by atoms with Crippen LogP contribution in [-0.2, 0) is 4.79 Å². The first kappa shape index (κ1) is 19.1. The number of aryl methyl sites for hydroxylation is 1. The third kappa shape index (κ3) is 3.99. The number of ether oxygens (including phenoxy) is 1. The van der Waals surface area contributed by atoms with Crippen molar-refractivity contribution in [3.05, 3.63) is 78.6 Å². The minimum atomic E-state index is 0.0203. The second-order valence-electron chi connectivity index (χ2n) is 7.65. The van der Waals surface area contributed by atoms with E-state index in [1.54, 1.807) is 0 Å². The lowest BCUT2D eigenvalue weighted by atomic mass is 10.1. The number of rotatable bonds is 5. The van der Waals surface area contributed by atoms with Crippen LogP contribution in [0.3, 0.4) is 0 Å². The summed E-state index contributed by atoms with van der Waals surface area (Å²) in [4.78, 5) is 18.2. The Hall–Kier alpha value is -3.21. The van der Waals surface area contributed by atoms with E-state index in [9.17, 15) is 4.79 Å². The van der Waals surface area contributed by atoms with Gasteiger partial charge in [-0.05, 0) is 67.8 Å². The summed E-state index contributed by atoms with van der Waals surface area (Å²) in [6, 6.07) is 14.6. The topological polar surface area (TPSA) is 36.0 Å². The molecular formula is C24H27N3O2. The maximum atomic E-state index is 11.8. The summed E-state index contributed by atoms with van der Waals surface area (Å²) in [6.07, 6.45) is 6.60. The Morgan fingerprint density at radius 1 is 1.14 bits per heavy atom. The molecule has 0 radical (unpaired) electrons. The van der Waals surface area contributed by atoms with E-state index < -0.39 is 0 Å². The molecular weight excluding hydrogens is 362 g/mol. The fourth-order valence-corrected chi connectivity index (χ4v) is 3.85. The van der Waals surface area contributed by atoms with Gasteiger partial charge in [0, 0.05) is 37.2 Å². The fraction of sp³-hybridized carbons (Fsp3) is 0.292. The molecule has 0 unspecified atom stereocenters. The number of carbonyl (C=O) groups excluding carboxylic acids is 1. The van der Waals surface area contributed by atoms with Crippen molar-refractivity contribution in [3.63, 3.8) is 0 Å². The van der Waals surface area contributed by atoms with Crippen molar-refractivity contribution in [3.8, 4) is 11.5 Å². The molecule has 5 nitrogen and oxygen atoms in total. The number of amides is 1. The van der Waals surface area contributed by atoms with Crippen LogP contribution in [0.15, 0.2) is 67.5 Å². The van der Waals surface area contributed by atoms with Crippen molar-refractivity contribution >= 4 is 11.6 Å². The molecule has 2 heterocycles. The van der Waals surface area contributed by atoms with E-state index in [1.165, 1.54) is 11.6 Å². The zero-order chi connectivity index (χ0) is 20.4. The highest BCUT2D eigenvalue weighted by molar-refractivity contribution is 5.87. The molecule has 2 aromatic carbocycles. The Morgan fingerprint density at radius 2 is 1.93 bits per heavy atom. The maximum Gasteiger partial charge on any atom is 0.246 e. The van der Waals surface area contributed by atoms with E-state index in [0.29, 0.717) is 6.04 Å². The Bertz CT molecular complexity index is 936. The minimum Gasteiger partial charge on any atom is -0.457 e. The Morgan fingerprint density at radius 3 is 2.69 bits per heavy atom. The molecule has 4 rings (SSSR count). The molecule has 29 heavy (non-hydrogen) atoms. The molecule has 2 aromatic rings. The summed E-state index contributed by atoms with van der Waals surface area (Å²) in [6.45, 7) is 10.1. The van der Waals surface area contributed by atoms with Gasteiger partial charge in [0.1, 0.15) is 11.5 Å². The highest BCUT2D eigenvalue weighted by Crippen LogP contribution is 2.30. The number of likely N-dealkylation sites (tertiary alicyclic amines) is 1. The van der Waals surface area contributed by atoms with Gasteiger partial charge in [0.05, 0.1) is 6.67 Å². The molecule has 1 fully saturated rings. The van der Waals surface area contributed by atoms with Crippen LogP contribution >= 0.6 is 0 Å². The van der Waals surface area contributed by atoms with Crippen molar-refractivity contribution in [1.29, 1.82) is 0 Å². The minimum absolute atomic E-state index is 0.0203. The van der Waals surface area contributed by atoms with Crippen molar-refractivity contribution < 1.29 is 9.53 Å². The zero-order valence-corrected chi connectivity index (χ0v) is 17.0. The molecule has 0 aliphatic carbocycles. The standard InChI is InChI=1S/C24H27N3O2/c1-4-24(28)25-13-12-21(16-25)27-15-14-26(17-27)20-8-10-22(11-9-20)29-23-7-5-6-18(2)19(23)3/h4-11,14-15,21H,1,12-13,16-17H2,2-3H3/t21-/m1/s1. The zero-order valence-electron chi connectivity index (χ0n) is 17.0. The van der Waals surface area contributed by atoms with Gasteiger partial charge in [0.25, 0.3) is 0 Å². The lowest BCUT2D eigenvalue weighted by Crippen LogP contribution is -2.37. The van der Waals surface area contributed by atoms with Gasteiger partial charge in [0.2, 0.25) is 5.91 Å². The number of nitrogens with zero attached hydrogens (tertiary/aromatic N) is 3. The van der Waals surface area contributed by atoms with Crippen molar-refractivity contribution in [2.24, 2.45) is 0 Å². The van der Waals surface area contributed by atoms with E-state index in [1.807, 2.05) is 29.2 Å². The smallest absolute Gasteiger partial charge is 0.246 e. The second kappa shape index (κ2) is 8.03. The van der Waals surface area contributed by atoms with Crippen molar-refractivity contribution in [2.45, 2.75) is 26.3 Å². The van der Waals surface area contributed by atoms with Crippen LogP contribution in [0, 0.1) is 13.8 Å². The van der Waals surface area contributed by atoms with Crippen molar-refractivity contribution in [2.75, 3.05) is 24.7 Å². The molecule has 0 saturated carbocycles. The third-order valence-corrected chi connectivity index (χ3v) is 5.82. The Kier molecular flexibility index (Phi) is 5.30. The van der Waals surface area contributed by atoms with Gasteiger partial charge in [-0.15, -0.1) is 0 Å². The number of benzene rings is 2. The monoisotopic (exact) mass is 389 g/mol. The predicted molar refractivity (Wildman–Crippen MR) is 116 cm³/mol. The number of hydrogen-bond acceptors (Lipinski definition) is 4. The van der Waals surface area contributed by atoms with Gasteiger partial charge in [0.15, 0.2) is 0 Å². The van der Waals surface area contributed by atoms with Gasteiger partial charge >= 0.3 is 0 Å². The third-order valence-electron chi connectivity index (χ3n) is 5.82. The first-order valence-electron chi connectivity index (χ1n) is 10.0. The predicted octanol–water partition coefficient (Wildman–Crippen LogP) is 4.43. The second-order valence-corrected chi connectivity index (χ2v) is 7.65. The van der Waals surface area contributed by atoms with E-state index in [4.69, 9.17) is 4.74 Å². The highest BCUT2D eigenvalue weighted by atomic mass is 16.5. The van der Waals surface area contributed by atoms with Gasteiger partial charge in [-0.1, -0.05) is 18.7 Å². The van der Waals surface area contributed by atoms with Gasteiger partial charge in [-0.2, -0.15) is 0 Å². The lowest BCUT2D eigenvalue weighted by molar-refractivity contribution is -0.125. The van der Waals surface area contributed by atoms with Gasteiger partial charge in [-0.3, -0.25) is 4.79 Å². The van der Waals surface area contributed by atoms with Gasteiger partial charge in [-0.25, -0.2) is 0 Å². The van der Waals surface area contributed by atoms with Crippen LogP contribution in [0.25, 0.3) is 0 Å². The summed E-state index contributed by atoms with van der Waals surface area (Å²) in [5.41, 5.74) is 3.51. The number of carbonyl (C=O) groups is 1. The molecule has 1 atom stereocenters. The molecule has 2 aliphatic rings. The largest absolute Gasteiger partial charge is 0.457 e. The van der Waals surface area contributed by atoms with Crippen LogP contribution in [0.2, 0.25) is 0 Å². The number of anilines is 1. The first-order valence-corrected chi connectivity index (χ1v) is 10.0. The summed E-state index contributed by atoms with van der Waals surface area (Å²) in [7, 11) is 0. The summed E-state index contributed by atoms with van der Waals surface area (Å²) < 4.78 is 6.06. The average Bonchev–Trinajstić information content (AvgIpc) is 3.41. The number of hydrogen-bond donors (Lipinski definition) is 0. The quantitative estimate of drug-likeness (QED) is 0.709. The van der Waals surface area contributed by atoms with Crippen LogP contribution in [-0.4, -0.2) is 41.5 Å². The van der Waals surface area contributed by atoms with E-state index in [-0.39, 0.29) is 5.91 Å². The molecule has 1 amide bonds. The normalized spacial score (nSPS) is 18.4. The molecule has 0 bridgehead atoms. The van der Waals surface area contributed by atoms with Crippen LogP contribution < -0.4 is 9.64 Å². The molecule has 0 aromatic heterocycles. The first-order chi connectivity index (χ1) is 14.0. The summed E-state index contributed by atoms with van der Waals surface area (Å²) in [5.74, 6) is 1.74. The van der Waals surface area contributed by atoms with Crippen LogP contribution in [0.4, 0.5) is 5.69 Å². The summed E-state index contributed by atoms with van der Waals surface area (Å²) >= 11 is 0. The highest BCUT2D eigenvalue weighted by Gasteiger charge is 2.30. The summed E-state index contributed by atoms with van der Waals surface area (Å²) in [5, 5.41) is 0. The molecule has 5 heteroatoms. The van der Waals surface area contributed by atoms with E-state index >= 15 is 0 Å². The van der Waals surface area contributed by atoms with Gasteiger partial charge < -0.3 is 19.4 Å². The molecule has 150 valence electrons. The van der Waals surface area contributed by atoms with Crippen LogP contribution in [0.1, 0.15) is 17.5 Å². The van der Waals surface area contributed by atoms with Crippen molar-refractivity contribution in [1.82, 2.24) is 9.80 Å². The SMILES string of the molecule is C=CC(=O)N1CC[C@@H](N2C=CN(c3ccc(Oc4cccc(C)c4C)cc3)C2)C1. The molecule has 2 aliphatic heterocycles. The molecule has 1 saturated heterocycles. The average molecular weight is 389 g/mol. The fourth-order valence-electron chi connectivity index (χ4n) is 3.85. The van der Waals surface area contributed by atoms with Crippen LogP contribution in [0.5, 0.6) is 11.5 Å². The maximum absolute atomic E-state index is 11.8. The van der Waals surface area contributed by atoms with E-state index in [0.717, 1.165) is 48.9 Å². The molecule has 0 spiro atoms. The lowest BCUT2D eigenvalue weighted by Gasteiger charge is -2.26.